The van der Waals surface area contributed by atoms with E-state index in [9.17, 15) is 14.0 Å². The maximum absolute atomic E-state index is 14.0. The minimum absolute atomic E-state index is 0.128. The minimum Gasteiger partial charge on any atom is -0.469 e. The number of aromatic nitrogens is 2. The molecule has 1 aromatic heterocycles. The van der Waals surface area contributed by atoms with Gasteiger partial charge in [0.2, 0.25) is 5.91 Å². The lowest BCUT2D eigenvalue weighted by Crippen LogP contribution is -2.30. The number of hydrogen-bond donors (Lipinski definition) is 2. The maximum Gasteiger partial charge on any atom is 0.308 e. The second-order valence-corrected chi connectivity index (χ2v) is 6.20. The summed E-state index contributed by atoms with van der Waals surface area (Å²) in [5.74, 6) is -1.04. The average molecular weight is 345 g/mol. The van der Waals surface area contributed by atoms with Gasteiger partial charge in [-0.2, -0.15) is 5.10 Å². The molecule has 25 heavy (non-hydrogen) atoms. The van der Waals surface area contributed by atoms with Crippen LogP contribution in [0.5, 0.6) is 0 Å². The van der Waals surface area contributed by atoms with Crippen LogP contribution < -0.4 is 5.32 Å². The third kappa shape index (κ3) is 3.70. The number of nitrogens with one attached hydrogen (secondary N) is 2. The molecule has 1 aliphatic carbocycles. The summed E-state index contributed by atoms with van der Waals surface area (Å²) < 4.78 is 18.7. The molecule has 0 saturated heterocycles. The Bertz CT molecular complexity index is 766. The lowest BCUT2D eigenvalue weighted by Gasteiger charge is -2.26. The van der Waals surface area contributed by atoms with Crippen LogP contribution in [0.25, 0.3) is 11.3 Å². The standard InChI is InChI=1S/C18H20FN3O3/c1-25-18(24)12-8-6-11(7-9-12)17(23)21-15-10-20-22-16(15)13-4-2-3-5-14(13)19/h2-5,10-12H,6-9H2,1H3,(H,20,22)(H,21,23). The van der Waals surface area contributed by atoms with Gasteiger partial charge in [0.1, 0.15) is 5.82 Å². The molecule has 1 heterocycles. The molecule has 0 aliphatic heterocycles. The largest absolute Gasteiger partial charge is 0.469 e. The van der Waals surface area contributed by atoms with Gasteiger partial charge in [-0.05, 0) is 37.8 Å². The van der Waals surface area contributed by atoms with Gasteiger partial charge in [0.25, 0.3) is 0 Å². The molecule has 2 aromatic rings. The van der Waals surface area contributed by atoms with Crippen molar-refractivity contribution in [3.05, 3.63) is 36.3 Å². The molecule has 0 atom stereocenters. The van der Waals surface area contributed by atoms with Crippen LogP contribution in [0.4, 0.5) is 10.1 Å². The minimum atomic E-state index is -0.388. The SMILES string of the molecule is COC(=O)C1CCC(C(=O)Nc2cn[nH]c2-c2ccccc2F)CC1. The highest BCUT2D eigenvalue weighted by Crippen LogP contribution is 2.32. The van der Waals surface area contributed by atoms with Gasteiger partial charge in [-0.25, -0.2) is 4.39 Å². The van der Waals surface area contributed by atoms with E-state index in [4.69, 9.17) is 4.74 Å². The van der Waals surface area contributed by atoms with Crippen LogP contribution in [-0.4, -0.2) is 29.2 Å². The van der Waals surface area contributed by atoms with Gasteiger partial charge >= 0.3 is 5.97 Å². The summed E-state index contributed by atoms with van der Waals surface area (Å²) in [5, 5.41) is 9.48. The Morgan fingerprint density at radius 1 is 1.20 bits per heavy atom. The highest BCUT2D eigenvalue weighted by atomic mass is 19.1. The fourth-order valence-corrected chi connectivity index (χ4v) is 3.24. The number of hydrogen-bond acceptors (Lipinski definition) is 4. The monoisotopic (exact) mass is 345 g/mol. The Hall–Kier alpha value is -2.70. The van der Waals surface area contributed by atoms with E-state index in [0.29, 0.717) is 42.6 Å². The Morgan fingerprint density at radius 3 is 2.56 bits per heavy atom. The first-order valence-electron chi connectivity index (χ1n) is 8.27. The van der Waals surface area contributed by atoms with E-state index in [-0.39, 0.29) is 29.5 Å². The summed E-state index contributed by atoms with van der Waals surface area (Å²) in [4.78, 5) is 24.1. The van der Waals surface area contributed by atoms with Crippen molar-refractivity contribution in [3.63, 3.8) is 0 Å². The third-order valence-electron chi connectivity index (χ3n) is 4.67. The van der Waals surface area contributed by atoms with Crippen molar-refractivity contribution >= 4 is 17.6 Å². The molecule has 1 aromatic carbocycles. The number of carbonyl (C=O) groups is 2. The Morgan fingerprint density at radius 2 is 1.88 bits per heavy atom. The van der Waals surface area contributed by atoms with Gasteiger partial charge in [-0.3, -0.25) is 14.7 Å². The Labute approximate surface area is 144 Å². The lowest BCUT2D eigenvalue weighted by molar-refractivity contribution is -0.147. The Balaban J connectivity index is 1.66. The topological polar surface area (TPSA) is 84.1 Å². The van der Waals surface area contributed by atoms with Crippen molar-refractivity contribution in [2.45, 2.75) is 25.7 Å². The smallest absolute Gasteiger partial charge is 0.308 e. The number of esters is 1. The molecule has 132 valence electrons. The first-order valence-corrected chi connectivity index (χ1v) is 8.27. The molecular weight excluding hydrogens is 325 g/mol. The van der Waals surface area contributed by atoms with Gasteiger partial charge in [-0.1, -0.05) is 12.1 Å². The first kappa shape index (κ1) is 17.1. The zero-order chi connectivity index (χ0) is 17.8. The van der Waals surface area contributed by atoms with E-state index < -0.39 is 0 Å². The van der Waals surface area contributed by atoms with Crippen molar-refractivity contribution in [2.24, 2.45) is 11.8 Å². The van der Waals surface area contributed by atoms with Crippen LogP contribution in [0.15, 0.2) is 30.5 Å². The summed E-state index contributed by atoms with van der Waals surface area (Å²) >= 11 is 0. The second-order valence-electron chi connectivity index (χ2n) is 6.20. The van der Waals surface area contributed by atoms with Crippen LogP contribution in [-0.2, 0) is 14.3 Å². The average Bonchev–Trinajstić information content (AvgIpc) is 3.09. The highest BCUT2D eigenvalue weighted by molar-refractivity contribution is 5.96. The predicted octanol–water partition coefficient (Wildman–Crippen LogP) is 3.13. The third-order valence-corrected chi connectivity index (χ3v) is 4.67. The molecule has 2 N–H and O–H groups in total. The Kier molecular flexibility index (Phi) is 5.11. The molecule has 0 unspecified atom stereocenters. The van der Waals surface area contributed by atoms with E-state index in [2.05, 4.69) is 15.5 Å². The van der Waals surface area contributed by atoms with Gasteiger partial charge in [0.15, 0.2) is 0 Å². The number of ether oxygens (including phenoxy) is 1. The zero-order valence-electron chi connectivity index (χ0n) is 13.9. The van der Waals surface area contributed by atoms with Crippen molar-refractivity contribution in [2.75, 3.05) is 12.4 Å². The summed E-state index contributed by atoms with van der Waals surface area (Å²) in [6.07, 6.45) is 3.99. The number of amides is 1. The number of benzene rings is 1. The van der Waals surface area contributed by atoms with E-state index in [1.54, 1.807) is 18.2 Å². The second kappa shape index (κ2) is 7.46. The lowest BCUT2D eigenvalue weighted by atomic mass is 9.81. The van der Waals surface area contributed by atoms with Crippen LogP contribution in [0.2, 0.25) is 0 Å². The molecule has 0 bridgehead atoms. The maximum atomic E-state index is 14.0. The number of H-pyrrole nitrogens is 1. The molecule has 1 saturated carbocycles. The molecule has 1 fully saturated rings. The van der Waals surface area contributed by atoms with Gasteiger partial charge in [0, 0.05) is 11.5 Å². The molecule has 1 aliphatic rings. The van der Waals surface area contributed by atoms with Crippen molar-refractivity contribution in [1.82, 2.24) is 10.2 Å². The fourth-order valence-electron chi connectivity index (χ4n) is 3.24. The number of carbonyl (C=O) groups excluding carboxylic acids is 2. The quantitative estimate of drug-likeness (QED) is 0.834. The number of methoxy groups -OCH3 is 1. The number of aromatic amines is 1. The van der Waals surface area contributed by atoms with Crippen molar-refractivity contribution < 1.29 is 18.7 Å². The summed E-state index contributed by atoms with van der Waals surface area (Å²) in [7, 11) is 1.38. The molecule has 1 amide bonds. The number of anilines is 1. The summed E-state index contributed by atoms with van der Waals surface area (Å²) in [6.45, 7) is 0. The molecule has 0 spiro atoms. The summed E-state index contributed by atoms with van der Waals surface area (Å²) in [6, 6.07) is 6.31. The number of halogens is 1. The normalized spacial score (nSPS) is 20.1. The van der Waals surface area contributed by atoms with Crippen molar-refractivity contribution in [1.29, 1.82) is 0 Å². The van der Waals surface area contributed by atoms with Crippen LogP contribution >= 0.6 is 0 Å². The first-order chi connectivity index (χ1) is 12.1. The fraction of sp³-hybridized carbons (Fsp3) is 0.389. The molecule has 0 radical (unpaired) electrons. The van der Waals surface area contributed by atoms with E-state index in [1.165, 1.54) is 19.4 Å². The van der Waals surface area contributed by atoms with E-state index in [0.717, 1.165) is 0 Å². The van der Waals surface area contributed by atoms with Gasteiger partial charge in [-0.15, -0.1) is 0 Å². The molecule has 6 nitrogen and oxygen atoms in total. The predicted molar refractivity (Wildman–Crippen MR) is 90.1 cm³/mol. The van der Waals surface area contributed by atoms with Crippen LogP contribution in [0, 0.1) is 17.7 Å². The molecule has 7 heteroatoms. The van der Waals surface area contributed by atoms with Crippen molar-refractivity contribution in [3.8, 4) is 11.3 Å². The van der Waals surface area contributed by atoms with Crippen LogP contribution in [0.1, 0.15) is 25.7 Å². The van der Waals surface area contributed by atoms with E-state index in [1.807, 2.05) is 0 Å². The van der Waals surface area contributed by atoms with E-state index >= 15 is 0 Å². The highest BCUT2D eigenvalue weighted by Gasteiger charge is 2.30. The van der Waals surface area contributed by atoms with Gasteiger partial charge in [0.05, 0.1) is 30.6 Å². The molecular formula is C18H20FN3O3. The van der Waals surface area contributed by atoms with Crippen LogP contribution in [0.3, 0.4) is 0 Å². The molecule has 3 rings (SSSR count). The zero-order valence-corrected chi connectivity index (χ0v) is 13.9. The summed E-state index contributed by atoms with van der Waals surface area (Å²) in [5.41, 5.74) is 1.24. The number of rotatable bonds is 4. The van der Waals surface area contributed by atoms with Gasteiger partial charge < -0.3 is 10.1 Å². The number of nitrogens with zero attached hydrogens (tertiary/aromatic N) is 1.